The molecule has 1 aliphatic heterocycles. The van der Waals surface area contributed by atoms with Gasteiger partial charge < -0.3 is 9.84 Å². The zero-order valence-electron chi connectivity index (χ0n) is 10.2. The van der Waals surface area contributed by atoms with Crippen molar-refractivity contribution < 1.29 is 15.6 Å². The molecule has 0 spiro atoms. The molecule has 6 nitrogen and oxygen atoms in total. The van der Waals surface area contributed by atoms with E-state index in [1.165, 1.54) is 0 Å². The molecule has 1 aromatic heterocycles. The molecule has 0 radical (unpaired) electrons. The van der Waals surface area contributed by atoms with Crippen molar-refractivity contribution >= 4 is 11.6 Å². The average Bonchev–Trinajstić information content (AvgIpc) is 2.64. The lowest BCUT2D eigenvalue weighted by Crippen LogP contribution is -2.37. The van der Waals surface area contributed by atoms with Gasteiger partial charge >= 0.3 is 5.69 Å². The van der Waals surface area contributed by atoms with E-state index in [9.17, 15) is 19.1 Å². The minimum absolute atomic E-state index is 0.285. The SMILES string of the molecule is [2H][C@H]1[C@@H](F)[C@H](n2ccc(=O)[nH]c2=O)O[C@@]1(CO)CCl. The fraction of sp³-hybridized carbons (Fsp3) is 0.600. The molecule has 4 atom stereocenters. The molecule has 18 heavy (non-hydrogen) atoms. The van der Waals surface area contributed by atoms with Crippen molar-refractivity contribution in [3.05, 3.63) is 33.1 Å². The molecular weight excluding hydrogens is 267 g/mol. The second kappa shape index (κ2) is 4.83. The zero-order valence-corrected chi connectivity index (χ0v) is 9.93. The Morgan fingerprint density at radius 3 is 3.00 bits per heavy atom. The molecule has 2 heterocycles. The van der Waals surface area contributed by atoms with Crippen molar-refractivity contribution in [1.29, 1.82) is 0 Å². The molecule has 100 valence electrons. The fourth-order valence-corrected chi connectivity index (χ4v) is 2.00. The van der Waals surface area contributed by atoms with Crippen LogP contribution in [0.3, 0.4) is 0 Å². The predicted molar refractivity (Wildman–Crippen MR) is 61.5 cm³/mol. The molecule has 0 aromatic carbocycles. The van der Waals surface area contributed by atoms with Crippen LogP contribution in [0.15, 0.2) is 21.9 Å². The van der Waals surface area contributed by atoms with E-state index < -0.39 is 42.3 Å². The summed E-state index contributed by atoms with van der Waals surface area (Å²) >= 11 is 5.63. The van der Waals surface area contributed by atoms with Crippen molar-refractivity contribution in [2.75, 3.05) is 12.5 Å². The predicted octanol–water partition coefficient (Wildman–Crippen LogP) is -0.236. The quantitative estimate of drug-likeness (QED) is 0.748. The van der Waals surface area contributed by atoms with E-state index >= 15 is 0 Å². The third-order valence-electron chi connectivity index (χ3n) is 2.71. The summed E-state index contributed by atoms with van der Waals surface area (Å²) in [5.74, 6) is -0.285. The van der Waals surface area contributed by atoms with E-state index in [0.717, 1.165) is 16.8 Å². The second-order valence-electron chi connectivity index (χ2n) is 3.99. The summed E-state index contributed by atoms with van der Waals surface area (Å²) < 4.78 is 27.9. The van der Waals surface area contributed by atoms with Crippen LogP contribution in [-0.4, -0.2) is 38.9 Å². The van der Waals surface area contributed by atoms with Gasteiger partial charge in [-0.1, -0.05) is 0 Å². The largest absolute Gasteiger partial charge is 0.393 e. The third kappa shape index (κ3) is 2.21. The van der Waals surface area contributed by atoms with Crippen LogP contribution in [0.2, 0.25) is 0 Å². The lowest BCUT2D eigenvalue weighted by atomic mass is 10.0. The van der Waals surface area contributed by atoms with Gasteiger partial charge in [-0.3, -0.25) is 14.3 Å². The normalized spacial score (nSPS) is 36.6. The Morgan fingerprint density at radius 1 is 1.78 bits per heavy atom. The van der Waals surface area contributed by atoms with Crippen LogP contribution in [0.5, 0.6) is 0 Å². The van der Waals surface area contributed by atoms with Gasteiger partial charge in [0.05, 0.1) is 12.5 Å². The van der Waals surface area contributed by atoms with Crippen LogP contribution < -0.4 is 11.2 Å². The first-order chi connectivity index (χ1) is 8.95. The second-order valence-corrected chi connectivity index (χ2v) is 4.26. The summed E-state index contributed by atoms with van der Waals surface area (Å²) in [7, 11) is 0. The topological polar surface area (TPSA) is 84.3 Å². The zero-order chi connectivity index (χ0) is 14.2. The van der Waals surface area contributed by atoms with Gasteiger partial charge in [-0.2, -0.15) is 0 Å². The Kier molecular flexibility index (Phi) is 3.19. The van der Waals surface area contributed by atoms with E-state index in [1.807, 2.05) is 4.98 Å². The molecule has 8 heteroatoms. The number of nitrogens with one attached hydrogen (secondary N) is 1. The number of aliphatic hydroxyl groups excluding tert-OH is 1. The highest BCUT2D eigenvalue weighted by atomic mass is 35.5. The Balaban J connectivity index is 2.42. The molecule has 0 bridgehead atoms. The highest BCUT2D eigenvalue weighted by molar-refractivity contribution is 6.18. The number of halogens is 2. The molecular formula is C10H12ClFN2O4. The van der Waals surface area contributed by atoms with Gasteiger partial charge in [0.15, 0.2) is 6.23 Å². The van der Waals surface area contributed by atoms with E-state index in [2.05, 4.69) is 0 Å². The molecule has 1 saturated heterocycles. The molecule has 1 aromatic rings. The molecule has 1 fully saturated rings. The Bertz CT molecular complexity index is 573. The van der Waals surface area contributed by atoms with Crippen LogP contribution in [0.4, 0.5) is 4.39 Å². The number of alkyl halides is 2. The maximum Gasteiger partial charge on any atom is 0.330 e. The number of aromatic amines is 1. The molecule has 2 rings (SSSR count). The third-order valence-corrected chi connectivity index (χ3v) is 3.16. The van der Waals surface area contributed by atoms with Crippen molar-refractivity contribution in [1.82, 2.24) is 9.55 Å². The van der Waals surface area contributed by atoms with E-state index in [0.29, 0.717) is 0 Å². The first kappa shape index (κ1) is 11.9. The standard InChI is InChI=1S/C10H12ClFN2O4/c11-4-10(5-15)3-6(12)8(18-10)14-2-1-7(16)13-9(14)17/h1-2,6,8,15H,3-5H2,(H,13,16,17)/t6-,8-,10-/m1/s1/i3D/t3-,6+,8+,10+/m0. The van der Waals surface area contributed by atoms with Crippen LogP contribution in [-0.2, 0) is 4.74 Å². The van der Waals surface area contributed by atoms with E-state index in [1.54, 1.807) is 0 Å². The molecule has 0 unspecified atom stereocenters. The van der Waals surface area contributed by atoms with Gasteiger partial charge in [0.25, 0.3) is 5.56 Å². The minimum Gasteiger partial charge on any atom is -0.393 e. The van der Waals surface area contributed by atoms with E-state index in [4.69, 9.17) is 17.7 Å². The average molecular weight is 280 g/mol. The van der Waals surface area contributed by atoms with Gasteiger partial charge in [-0.25, -0.2) is 9.18 Å². The summed E-state index contributed by atoms with van der Waals surface area (Å²) in [5.41, 5.74) is -3.04. The molecule has 0 amide bonds. The molecule has 0 saturated carbocycles. The summed E-state index contributed by atoms with van der Waals surface area (Å²) in [6, 6.07) is 1.04. The lowest BCUT2D eigenvalue weighted by molar-refractivity contribution is -0.0932. The first-order valence-electron chi connectivity index (χ1n) is 5.75. The highest BCUT2D eigenvalue weighted by Gasteiger charge is 2.47. The molecule has 1 aliphatic rings. The number of nitrogens with zero attached hydrogens (tertiary/aromatic N) is 1. The van der Waals surface area contributed by atoms with Crippen molar-refractivity contribution in [2.24, 2.45) is 0 Å². The summed E-state index contributed by atoms with van der Waals surface area (Å²) in [4.78, 5) is 24.5. The lowest BCUT2D eigenvalue weighted by Gasteiger charge is -2.24. The summed E-state index contributed by atoms with van der Waals surface area (Å²) in [5, 5.41) is 9.24. The number of hydrogen-bond donors (Lipinski definition) is 2. The first-order valence-corrected chi connectivity index (χ1v) is 5.71. The fourth-order valence-electron chi connectivity index (χ4n) is 1.76. The monoisotopic (exact) mass is 279 g/mol. The number of rotatable bonds is 3. The Hall–Kier alpha value is -1.18. The van der Waals surface area contributed by atoms with Gasteiger partial charge in [0.1, 0.15) is 11.8 Å². The Labute approximate surface area is 107 Å². The van der Waals surface area contributed by atoms with Crippen molar-refractivity contribution in [2.45, 2.75) is 24.4 Å². The molecule has 2 N–H and O–H groups in total. The van der Waals surface area contributed by atoms with Crippen LogP contribution >= 0.6 is 11.6 Å². The van der Waals surface area contributed by atoms with Gasteiger partial charge in [0.2, 0.25) is 0 Å². The van der Waals surface area contributed by atoms with Gasteiger partial charge in [-0.15, -0.1) is 11.6 Å². The number of aliphatic hydroxyl groups is 1. The maximum absolute atomic E-state index is 14.1. The number of ether oxygens (including phenoxy) is 1. The van der Waals surface area contributed by atoms with Crippen LogP contribution in [0, 0.1) is 0 Å². The van der Waals surface area contributed by atoms with Crippen LogP contribution in [0.1, 0.15) is 14.0 Å². The summed E-state index contributed by atoms with van der Waals surface area (Å²) in [6.45, 7) is -0.639. The van der Waals surface area contributed by atoms with Crippen molar-refractivity contribution in [3.8, 4) is 0 Å². The smallest absolute Gasteiger partial charge is 0.330 e. The van der Waals surface area contributed by atoms with Gasteiger partial charge in [0, 0.05) is 20.0 Å². The van der Waals surface area contributed by atoms with Gasteiger partial charge in [-0.05, 0) is 0 Å². The minimum atomic E-state index is -1.85. The number of H-pyrrole nitrogens is 1. The molecule has 0 aliphatic carbocycles. The number of hydrogen-bond acceptors (Lipinski definition) is 4. The Morgan fingerprint density at radius 2 is 2.50 bits per heavy atom. The van der Waals surface area contributed by atoms with E-state index in [-0.39, 0.29) is 5.88 Å². The van der Waals surface area contributed by atoms with Crippen LogP contribution in [0.25, 0.3) is 0 Å². The van der Waals surface area contributed by atoms with Crippen molar-refractivity contribution in [3.63, 3.8) is 0 Å². The number of aromatic nitrogens is 2. The highest BCUT2D eigenvalue weighted by Crippen LogP contribution is 2.38. The summed E-state index contributed by atoms with van der Waals surface area (Å²) in [6.07, 6.45) is -3.61. The maximum atomic E-state index is 14.1.